The Labute approximate surface area is 96.5 Å². The summed E-state index contributed by atoms with van der Waals surface area (Å²) in [5.41, 5.74) is 6.63. The molecule has 0 spiro atoms. The predicted molar refractivity (Wildman–Crippen MR) is 63.0 cm³/mol. The highest BCUT2D eigenvalue weighted by Gasteiger charge is 2.06. The van der Waals surface area contributed by atoms with Gasteiger partial charge in [-0.25, -0.2) is 0 Å². The van der Waals surface area contributed by atoms with Crippen molar-refractivity contribution in [3.8, 4) is 0 Å². The molecule has 5 heteroatoms. The number of nitrogen functional groups attached to an aromatic ring is 1. The summed E-state index contributed by atoms with van der Waals surface area (Å²) in [5.74, 6) is 0.550. The van der Waals surface area contributed by atoms with Crippen LogP contribution in [-0.4, -0.2) is 29.3 Å². The molecular formula is C11H21N3O2. The van der Waals surface area contributed by atoms with Crippen LogP contribution in [0.15, 0.2) is 6.07 Å². The summed E-state index contributed by atoms with van der Waals surface area (Å²) in [6.45, 7) is 7.93. The van der Waals surface area contributed by atoms with Gasteiger partial charge in [0.25, 0.3) is 0 Å². The summed E-state index contributed by atoms with van der Waals surface area (Å²) in [6, 6.07) is 1.85. The fraction of sp³-hybridized carbons (Fsp3) is 0.727. The number of nitrogens with two attached hydrogens (primary N) is 1. The number of aryl methyl sites for hydroxylation is 1. The number of aromatic nitrogens is 2. The van der Waals surface area contributed by atoms with Crippen LogP contribution in [0.3, 0.4) is 0 Å². The first kappa shape index (κ1) is 13.0. The normalized spacial score (nSPS) is 12.9. The molecule has 92 valence electrons. The number of hydrogen-bond donors (Lipinski definition) is 1. The van der Waals surface area contributed by atoms with E-state index in [1.807, 2.05) is 31.5 Å². The quantitative estimate of drug-likeness (QED) is 0.718. The predicted octanol–water partition coefficient (Wildman–Crippen LogP) is 1.56. The van der Waals surface area contributed by atoms with Crippen LogP contribution < -0.4 is 5.73 Å². The molecule has 0 saturated heterocycles. The minimum absolute atomic E-state index is 0.113. The molecule has 0 saturated carbocycles. The van der Waals surface area contributed by atoms with Crippen molar-refractivity contribution < 1.29 is 9.47 Å². The van der Waals surface area contributed by atoms with E-state index in [1.165, 1.54) is 0 Å². The molecule has 1 aromatic heterocycles. The van der Waals surface area contributed by atoms with E-state index in [2.05, 4.69) is 5.10 Å². The lowest BCUT2D eigenvalue weighted by Gasteiger charge is -2.15. The molecule has 0 aromatic carbocycles. The van der Waals surface area contributed by atoms with Gasteiger partial charge in [0.1, 0.15) is 5.82 Å². The highest BCUT2D eigenvalue weighted by atomic mass is 16.7. The van der Waals surface area contributed by atoms with Crippen LogP contribution in [0.1, 0.15) is 26.0 Å². The zero-order valence-corrected chi connectivity index (χ0v) is 10.3. The maximum atomic E-state index is 5.59. The summed E-state index contributed by atoms with van der Waals surface area (Å²) in [5, 5.41) is 4.15. The first-order valence-electron chi connectivity index (χ1n) is 5.70. The van der Waals surface area contributed by atoms with Crippen LogP contribution in [0.25, 0.3) is 0 Å². The first-order valence-corrected chi connectivity index (χ1v) is 5.70. The molecular weight excluding hydrogens is 206 g/mol. The minimum atomic E-state index is -0.113. The van der Waals surface area contributed by atoms with Gasteiger partial charge in [0.15, 0.2) is 6.29 Å². The largest absolute Gasteiger partial charge is 0.382 e. The monoisotopic (exact) mass is 227 g/mol. The molecule has 1 atom stereocenters. The third-order valence-electron chi connectivity index (χ3n) is 2.29. The zero-order valence-electron chi connectivity index (χ0n) is 10.3. The van der Waals surface area contributed by atoms with Crippen LogP contribution >= 0.6 is 0 Å². The lowest BCUT2D eigenvalue weighted by molar-refractivity contribution is -0.142. The van der Waals surface area contributed by atoms with Crippen LogP contribution in [0.4, 0.5) is 5.82 Å². The lowest BCUT2D eigenvalue weighted by atomic mass is 10.4. The molecule has 1 heterocycles. The van der Waals surface area contributed by atoms with Gasteiger partial charge in [-0.3, -0.25) is 4.68 Å². The van der Waals surface area contributed by atoms with Crippen molar-refractivity contribution >= 4 is 5.82 Å². The molecule has 5 nitrogen and oxygen atoms in total. The smallest absolute Gasteiger partial charge is 0.157 e. The van der Waals surface area contributed by atoms with Crippen LogP contribution in [0.5, 0.6) is 0 Å². The lowest BCUT2D eigenvalue weighted by Crippen LogP contribution is -2.19. The molecule has 2 N–H and O–H groups in total. The Morgan fingerprint density at radius 3 is 2.69 bits per heavy atom. The van der Waals surface area contributed by atoms with E-state index in [0.717, 1.165) is 12.1 Å². The number of anilines is 1. The van der Waals surface area contributed by atoms with Crippen LogP contribution in [0, 0.1) is 6.92 Å². The van der Waals surface area contributed by atoms with Gasteiger partial charge in [-0.15, -0.1) is 0 Å². The van der Waals surface area contributed by atoms with E-state index in [-0.39, 0.29) is 6.29 Å². The number of ether oxygens (including phenoxy) is 2. The summed E-state index contributed by atoms with van der Waals surface area (Å²) >= 11 is 0. The number of nitrogens with zero attached hydrogens (tertiary/aromatic N) is 2. The van der Waals surface area contributed by atoms with Gasteiger partial charge in [0.05, 0.1) is 13.2 Å². The van der Waals surface area contributed by atoms with Crippen molar-refractivity contribution in [2.75, 3.05) is 18.9 Å². The summed E-state index contributed by atoms with van der Waals surface area (Å²) in [6.07, 6.45) is 0.742. The van der Waals surface area contributed by atoms with E-state index in [4.69, 9.17) is 15.2 Å². The second-order valence-electron chi connectivity index (χ2n) is 3.60. The average Bonchev–Trinajstić information content (AvgIpc) is 2.56. The van der Waals surface area contributed by atoms with Crippen LogP contribution in [-0.2, 0) is 16.0 Å². The third-order valence-corrected chi connectivity index (χ3v) is 2.29. The summed E-state index contributed by atoms with van der Waals surface area (Å²) < 4.78 is 12.8. The van der Waals surface area contributed by atoms with Crippen molar-refractivity contribution in [2.24, 2.45) is 0 Å². The second-order valence-corrected chi connectivity index (χ2v) is 3.60. The second kappa shape index (κ2) is 6.50. The van der Waals surface area contributed by atoms with Crippen molar-refractivity contribution in [2.45, 2.75) is 40.0 Å². The van der Waals surface area contributed by atoms with Gasteiger partial charge in [-0.2, -0.15) is 5.10 Å². The molecule has 1 aromatic rings. The topological polar surface area (TPSA) is 62.3 Å². The van der Waals surface area contributed by atoms with Crippen molar-refractivity contribution in [1.82, 2.24) is 9.78 Å². The molecule has 0 fully saturated rings. The highest BCUT2D eigenvalue weighted by Crippen LogP contribution is 2.05. The van der Waals surface area contributed by atoms with Crippen molar-refractivity contribution in [3.63, 3.8) is 0 Å². The van der Waals surface area contributed by atoms with Gasteiger partial charge in [0, 0.05) is 18.4 Å². The SMILES string of the molecule is CCOC(CC)OCCn1nc(N)cc1C. The maximum Gasteiger partial charge on any atom is 0.157 e. The highest BCUT2D eigenvalue weighted by molar-refractivity contribution is 5.28. The number of rotatable bonds is 7. The van der Waals surface area contributed by atoms with Gasteiger partial charge >= 0.3 is 0 Å². The van der Waals surface area contributed by atoms with E-state index < -0.39 is 0 Å². The molecule has 0 aliphatic carbocycles. The molecule has 0 radical (unpaired) electrons. The van der Waals surface area contributed by atoms with Crippen LogP contribution in [0.2, 0.25) is 0 Å². The molecule has 0 bridgehead atoms. The fourth-order valence-electron chi connectivity index (χ4n) is 1.50. The Balaban J connectivity index is 2.32. The Morgan fingerprint density at radius 2 is 2.19 bits per heavy atom. The third kappa shape index (κ3) is 3.83. The van der Waals surface area contributed by atoms with Crippen molar-refractivity contribution in [3.05, 3.63) is 11.8 Å². The van der Waals surface area contributed by atoms with Gasteiger partial charge < -0.3 is 15.2 Å². The Bertz CT molecular complexity index is 312. The van der Waals surface area contributed by atoms with Gasteiger partial charge in [0.2, 0.25) is 0 Å². The van der Waals surface area contributed by atoms with E-state index in [1.54, 1.807) is 0 Å². The Hall–Kier alpha value is -1.07. The van der Waals surface area contributed by atoms with Gasteiger partial charge in [-0.1, -0.05) is 6.92 Å². The van der Waals surface area contributed by atoms with Gasteiger partial charge in [-0.05, 0) is 20.3 Å². The Morgan fingerprint density at radius 1 is 1.44 bits per heavy atom. The molecule has 0 aliphatic rings. The first-order chi connectivity index (χ1) is 7.67. The van der Waals surface area contributed by atoms with Crippen molar-refractivity contribution in [1.29, 1.82) is 0 Å². The zero-order chi connectivity index (χ0) is 12.0. The molecule has 16 heavy (non-hydrogen) atoms. The Kier molecular flexibility index (Phi) is 5.28. The molecule has 0 aliphatic heterocycles. The minimum Gasteiger partial charge on any atom is -0.382 e. The summed E-state index contributed by atoms with van der Waals surface area (Å²) in [7, 11) is 0. The van der Waals surface area contributed by atoms with E-state index in [9.17, 15) is 0 Å². The van der Waals surface area contributed by atoms with E-state index in [0.29, 0.717) is 25.6 Å². The number of hydrogen-bond acceptors (Lipinski definition) is 4. The maximum absolute atomic E-state index is 5.59. The molecule has 0 amide bonds. The average molecular weight is 227 g/mol. The van der Waals surface area contributed by atoms with E-state index >= 15 is 0 Å². The molecule has 1 unspecified atom stereocenters. The molecule has 1 rings (SSSR count). The standard InChI is InChI=1S/C11H21N3O2/c1-4-11(15-5-2)16-7-6-14-9(3)8-10(12)13-14/h8,11H,4-7H2,1-3H3,(H2,12,13). The summed E-state index contributed by atoms with van der Waals surface area (Å²) in [4.78, 5) is 0. The fourth-order valence-corrected chi connectivity index (χ4v) is 1.50.